The highest BCUT2D eigenvalue weighted by atomic mass is 16.3. The van der Waals surface area contributed by atoms with Crippen molar-refractivity contribution >= 4 is 5.91 Å². The molecule has 2 fully saturated rings. The van der Waals surface area contributed by atoms with Gasteiger partial charge < -0.3 is 14.4 Å². The molecule has 2 aliphatic heterocycles. The molecule has 0 bridgehead atoms. The Bertz CT molecular complexity index is 604. The summed E-state index contributed by atoms with van der Waals surface area (Å²) in [4.78, 5) is 23.4. The van der Waals surface area contributed by atoms with Crippen molar-refractivity contribution in [2.75, 3.05) is 45.8 Å². The van der Waals surface area contributed by atoms with Crippen LogP contribution in [-0.4, -0.2) is 82.6 Å². The smallest absolute Gasteiger partial charge is 0.275 e. The van der Waals surface area contributed by atoms with E-state index in [-0.39, 0.29) is 12.0 Å². The van der Waals surface area contributed by atoms with Crippen molar-refractivity contribution in [3.05, 3.63) is 30.5 Å². The number of piperazine rings is 1. The van der Waals surface area contributed by atoms with E-state index in [1.807, 2.05) is 11.0 Å². The minimum Gasteiger partial charge on any atom is -0.447 e. The first kappa shape index (κ1) is 20.0. The molecular weight excluding hydrogens is 344 g/mol. The van der Waals surface area contributed by atoms with Gasteiger partial charge in [-0.05, 0) is 32.1 Å². The second-order valence-electron chi connectivity index (χ2n) is 7.58. The van der Waals surface area contributed by atoms with E-state index in [9.17, 15) is 9.90 Å². The molecule has 1 aromatic rings. The van der Waals surface area contributed by atoms with Gasteiger partial charge in [0.15, 0.2) is 5.69 Å². The number of hydrogen-bond donors (Lipinski definition) is 1. The van der Waals surface area contributed by atoms with Crippen molar-refractivity contribution < 1.29 is 14.3 Å². The molecule has 27 heavy (non-hydrogen) atoms. The number of hydrogen-bond acceptors (Lipinski definition) is 6. The fraction of sp³-hybridized carbons (Fsp3) is 0.700. The SMILES string of the molecule is C=CCCC(O)CN1CCN(Cc2nc(C(=O)N3CCCCC3)co2)CC1. The molecule has 0 spiro atoms. The Hall–Kier alpha value is -1.70. The van der Waals surface area contributed by atoms with E-state index < -0.39 is 0 Å². The highest BCUT2D eigenvalue weighted by Crippen LogP contribution is 2.15. The van der Waals surface area contributed by atoms with Crippen LogP contribution >= 0.6 is 0 Å². The van der Waals surface area contributed by atoms with Gasteiger partial charge in [-0.1, -0.05) is 6.08 Å². The zero-order valence-electron chi connectivity index (χ0n) is 16.2. The van der Waals surface area contributed by atoms with Gasteiger partial charge in [0.25, 0.3) is 5.91 Å². The molecule has 1 unspecified atom stereocenters. The number of β-amino-alcohol motifs (C(OH)–C–C–N with tert-alkyl or cyclic N) is 1. The lowest BCUT2D eigenvalue weighted by Gasteiger charge is -2.35. The maximum absolute atomic E-state index is 12.5. The number of carbonyl (C=O) groups excluding carboxylic acids is 1. The summed E-state index contributed by atoms with van der Waals surface area (Å²) in [5.74, 6) is 0.595. The summed E-state index contributed by atoms with van der Waals surface area (Å²) in [6, 6.07) is 0. The lowest BCUT2D eigenvalue weighted by Crippen LogP contribution is -2.48. The third kappa shape index (κ3) is 5.89. The number of nitrogens with zero attached hydrogens (tertiary/aromatic N) is 4. The second-order valence-corrected chi connectivity index (χ2v) is 7.58. The van der Waals surface area contributed by atoms with Crippen LogP contribution in [0.2, 0.25) is 0 Å². The lowest BCUT2D eigenvalue weighted by atomic mass is 10.1. The minimum atomic E-state index is -0.287. The van der Waals surface area contributed by atoms with E-state index in [1.54, 1.807) is 0 Å². The van der Waals surface area contributed by atoms with Crippen molar-refractivity contribution in [2.24, 2.45) is 0 Å². The predicted molar refractivity (Wildman–Crippen MR) is 103 cm³/mol. The third-order valence-electron chi connectivity index (χ3n) is 5.41. The van der Waals surface area contributed by atoms with E-state index in [0.717, 1.165) is 71.5 Å². The first-order valence-corrected chi connectivity index (χ1v) is 10.1. The van der Waals surface area contributed by atoms with Crippen LogP contribution in [0.15, 0.2) is 23.3 Å². The van der Waals surface area contributed by atoms with E-state index in [2.05, 4.69) is 21.4 Å². The van der Waals surface area contributed by atoms with Gasteiger partial charge in [0.2, 0.25) is 5.89 Å². The van der Waals surface area contributed by atoms with Crippen LogP contribution in [0, 0.1) is 0 Å². The van der Waals surface area contributed by atoms with E-state index in [1.165, 1.54) is 12.7 Å². The molecule has 3 heterocycles. The Labute approximate surface area is 161 Å². The summed E-state index contributed by atoms with van der Waals surface area (Å²) >= 11 is 0. The lowest BCUT2D eigenvalue weighted by molar-refractivity contribution is 0.0641. The average Bonchev–Trinajstić information content (AvgIpc) is 3.16. The summed E-state index contributed by atoms with van der Waals surface area (Å²) in [6.07, 6.45) is 8.03. The quantitative estimate of drug-likeness (QED) is 0.697. The molecule has 1 aromatic heterocycles. The zero-order chi connectivity index (χ0) is 19.1. The van der Waals surface area contributed by atoms with Crippen molar-refractivity contribution in [1.82, 2.24) is 19.7 Å². The molecule has 0 radical (unpaired) electrons. The number of carbonyl (C=O) groups is 1. The molecule has 0 aromatic carbocycles. The molecule has 1 N–H and O–H groups in total. The number of aliphatic hydroxyl groups is 1. The first-order valence-electron chi connectivity index (χ1n) is 10.1. The van der Waals surface area contributed by atoms with Crippen LogP contribution < -0.4 is 0 Å². The molecule has 1 amide bonds. The van der Waals surface area contributed by atoms with Crippen LogP contribution in [0.1, 0.15) is 48.5 Å². The van der Waals surface area contributed by atoms with E-state index >= 15 is 0 Å². The monoisotopic (exact) mass is 376 g/mol. The maximum atomic E-state index is 12.5. The number of allylic oxidation sites excluding steroid dienone is 1. The summed E-state index contributed by atoms with van der Waals surface area (Å²) in [6.45, 7) is 10.3. The number of amides is 1. The van der Waals surface area contributed by atoms with Crippen molar-refractivity contribution in [2.45, 2.75) is 44.8 Å². The Kier molecular flexibility index (Phi) is 7.43. The van der Waals surface area contributed by atoms with E-state index in [0.29, 0.717) is 18.1 Å². The molecule has 2 aliphatic rings. The van der Waals surface area contributed by atoms with Crippen LogP contribution in [0.25, 0.3) is 0 Å². The molecule has 0 aliphatic carbocycles. The standard InChI is InChI=1S/C20H32N4O3/c1-2-3-7-17(25)14-22-10-12-23(13-11-22)15-19-21-18(16-27-19)20(26)24-8-5-4-6-9-24/h2,16-17,25H,1,3-15H2. The van der Waals surface area contributed by atoms with Gasteiger partial charge in [0.05, 0.1) is 12.6 Å². The predicted octanol–water partition coefficient (Wildman–Crippen LogP) is 1.75. The molecule has 1 atom stereocenters. The summed E-state index contributed by atoms with van der Waals surface area (Å²) in [5, 5.41) is 10.0. The van der Waals surface area contributed by atoms with Gasteiger partial charge in [-0.15, -0.1) is 6.58 Å². The topological polar surface area (TPSA) is 73.1 Å². The van der Waals surface area contributed by atoms with Gasteiger partial charge in [0.1, 0.15) is 6.26 Å². The normalized spacial score (nSPS) is 20.6. The summed E-state index contributed by atoms with van der Waals surface area (Å²) in [7, 11) is 0. The highest BCUT2D eigenvalue weighted by Gasteiger charge is 2.23. The molecule has 7 nitrogen and oxygen atoms in total. The second kappa shape index (κ2) is 10.0. The number of aliphatic hydroxyl groups excluding tert-OH is 1. The number of oxazole rings is 1. The zero-order valence-corrected chi connectivity index (χ0v) is 16.2. The molecular formula is C20H32N4O3. The van der Waals surface area contributed by atoms with Gasteiger partial charge >= 0.3 is 0 Å². The fourth-order valence-corrected chi connectivity index (χ4v) is 3.76. The Morgan fingerprint density at radius 1 is 1.19 bits per heavy atom. The maximum Gasteiger partial charge on any atom is 0.275 e. The van der Waals surface area contributed by atoms with Crippen LogP contribution in [0.5, 0.6) is 0 Å². The van der Waals surface area contributed by atoms with Gasteiger partial charge in [-0.3, -0.25) is 14.6 Å². The Balaban J connectivity index is 1.42. The minimum absolute atomic E-state index is 0.0111. The average molecular weight is 377 g/mol. The largest absolute Gasteiger partial charge is 0.447 e. The van der Waals surface area contributed by atoms with Gasteiger partial charge in [-0.2, -0.15) is 0 Å². The van der Waals surface area contributed by atoms with Crippen molar-refractivity contribution in [3.63, 3.8) is 0 Å². The summed E-state index contributed by atoms with van der Waals surface area (Å²) in [5.41, 5.74) is 0.427. The van der Waals surface area contributed by atoms with Crippen LogP contribution in [-0.2, 0) is 6.54 Å². The third-order valence-corrected chi connectivity index (χ3v) is 5.41. The number of likely N-dealkylation sites (tertiary alicyclic amines) is 1. The molecule has 3 rings (SSSR count). The Morgan fingerprint density at radius 2 is 1.89 bits per heavy atom. The Morgan fingerprint density at radius 3 is 2.59 bits per heavy atom. The molecule has 2 saturated heterocycles. The van der Waals surface area contributed by atoms with Crippen LogP contribution in [0.4, 0.5) is 0 Å². The molecule has 0 saturated carbocycles. The number of piperidine rings is 1. The number of rotatable bonds is 8. The van der Waals surface area contributed by atoms with Gasteiger partial charge in [-0.25, -0.2) is 4.98 Å². The van der Waals surface area contributed by atoms with Gasteiger partial charge in [0, 0.05) is 45.8 Å². The van der Waals surface area contributed by atoms with Crippen molar-refractivity contribution in [3.8, 4) is 0 Å². The molecule has 150 valence electrons. The number of aromatic nitrogens is 1. The fourth-order valence-electron chi connectivity index (χ4n) is 3.76. The first-order chi connectivity index (χ1) is 13.2. The van der Waals surface area contributed by atoms with E-state index in [4.69, 9.17) is 4.42 Å². The highest BCUT2D eigenvalue weighted by molar-refractivity contribution is 5.92. The molecule has 7 heteroatoms. The summed E-state index contributed by atoms with van der Waals surface area (Å²) < 4.78 is 5.55. The van der Waals surface area contributed by atoms with Crippen LogP contribution in [0.3, 0.4) is 0 Å². The van der Waals surface area contributed by atoms with Crippen molar-refractivity contribution in [1.29, 1.82) is 0 Å².